The van der Waals surface area contributed by atoms with Crippen molar-refractivity contribution in [3.05, 3.63) is 24.0 Å². The number of rotatable bonds is 10. The highest BCUT2D eigenvalue weighted by Crippen LogP contribution is 2.14. The van der Waals surface area contributed by atoms with E-state index in [1.807, 2.05) is 19.1 Å². The minimum atomic E-state index is 0.809. The van der Waals surface area contributed by atoms with E-state index in [2.05, 4.69) is 17.6 Å². The van der Waals surface area contributed by atoms with Gasteiger partial charge in [-0.15, -0.1) is 0 Å². The molecule has 1 aromatic heterocycles. The molecule has 3 heteroatoms. The molecular formula is C15H25NOS. The number of hydrogen-bond acceptors (Lipinski definition) is 3. The third-order valence-electron chi connectivity index (χ3n) is 3.02. The van der Waals surface area contributed by atoms with Crippen molar-refractivity contribution in [2.45, 2.75) is 51.9 Å². The largest absolute Gasteiger partial charge is 0.492 e. The average Bonchev–Trinajstić information content (AvgIpc) is 2.39. The molecule has 1 rings (SSSR count). The Labute approximate surface area is 117 Å². The van der Waals surface area contributed by atoms with Crippen LogP contribution in [0.2, 0.25) is 0 Å². The van der Waals surface area contributed by atoms with Crippen molar-refractivity contribution in [1.29, 1.82) is 0 Å². The summed E-state index contributed by atoms with van der Waals surface area (Å²) >= 11 is 4.21. The van der Waals surface area contributed by atoms with Crippen LogP contribution in [0, 0.1) is 6.92 Å². The minimum Gasteiger partial charge on any atom is -0.492 e. The molecule has 0 unspecified atom stereocenters. The molecule has 0 atom stereocenters. The molecule has 18 heavy (non-hydrogen) atoms. The molecule has 0 aromatic carbocycles. The predicted molar refractivity (Wildman–Crippen MR) is 80.6 cm³/mol. The van der Waals surface area contributed by atoms with Crippen molar-refractivity contribution in [3.63, 3.8) is 0 Å². The lowest BCUT2D eigenvalue weighted by Crippen LogP contribution is -1.99. The number of pyridine rings is 1. The SMILES string of the molecule is Cc1ncccc1OCCCCCCCCCS. The standard InChI is InChI=1S/C15H25NOS/c1-14-15(10-9-11-16-14)17-12-7-5-3-2-4-6-8-13-18/h9-11,18H,2-8,12-13H2,1H3. The first kappa shape index (κ1) is 15.4. The van der Waals surface area contributed by atoms with Gasteiger partial charge in [-0.2, -0.15) is 12.6 Å². The lowest BCUT2D eigenvalue weighted by molar-refractivity contribution is 0.301. The molecular weight excluding hydrogens is 242 g/mol. The lowest BCUT2D eigenvalue weighted by Gasteiger charge is -2.07. The van der Waals surface area contributed by atoms with Crippen molar-refractivity contribution in [1.82, 2.24) is 4.98 Å². The maximum absolute atomic E-state index is 5.71. The number of aromatic nitrogens is 1. The van der Waals surface area contributed by atoms with E-state index in [1.165, 1.54) is 38.5 Å². The van der Waals surface area contributed by atoms with Crippen molar-refractivity contribution in [2.24, 2.45) is 0 Å². The summed E-state index contributed by atoms with van der Waals surface area (Å²) in [6.45, 7) is 2.79. The molecule has 0 aliphatic carbocycles. The van der Waals surface area contributed by atoms with Crippen molar-refractivity contribution in [3.8, 4) is 5.75 Å². The number of ether oxygens (including phenoxy) is 1. The molecule has 1 aromatic rings. The van der Waals surface area contributed by atoms with Crippen LogP contribution < -0.4 is 4.74 Å². The molecule has 0 saturated heterocycles. The van der Waals surface area contributed by atoms with Gasteiger partial charge < -0.3 is 4.74 Å². The summed E-state index contributed by atoms with van der Waals surface area (Å²) in [5, 5.41) is 0. The summed E-state index contributed by atoms with van der Waals surface area (Å²) in [6, 6.07) is 3.91. The van der Waals surface area contributed by atoms with Gasteiger partial charge in [0.25, 0.3) is 0 Å². The van der Waals surface area contributed by atoms with Crippen LogP contribution in [0.5, 0.6) is 5.75 Å². The predicted octanol–water partition coefficient (Wildman–Crippen LogP) is 4.43. The normalized spacial score (nSPS) is 10.6. The van der Waals surface area contributed by atoms with Gasteiger partial charge in [-0.1, -0.05) is 32.1 Å². The Bertz CT molecular complexity index is 317. The summed E-state index contributed by atoms with van der Waals surface area (Å²) in [7, 11) is 0. The van der Waals surface area contributed by atoms with Crippen LogP contribution in [0.4, 0.5) is 0 Å². The average molecular weight is 267 g/mol. The van der Waals surface area contributed by atoms with Crippen LogP contribution in [0.3, 0.4) is 0 Å². The molecule has 2 nitrogen and oxygen atoms in total. The van der Waals surface area contributed by atoms with E-state index in [0.717, 1.165) is 30.2 Å². The van der Waals surface area contributed by atoms with E-state index in [-0.39, 0.29) is 0 Å². The molecule has 102 valence electrons. The van der Waals surface area contributed by atoms with Crippen LogP contribution in [0.15, 0.2) is 18.3 Å². The summed E-state index contributed by atoms with van der Waals surface area (Å²) in [4.78, 5) is 4.20. The first-order valence-electron chi connectivity index (χ1n) is 7.00. The van der Waals surface area contributed by atoms with Crippen molar-refractivity contribution >= 4 is 12.6 Å². The molecule has 0 saturated carbocycles. The molecule has 0 bridgehead atoms. The van der Waals surface area contributed by atoms with Gasteiger partial charge >= 0.3 is 0 Å². The second-order valence-electron chi connectivity index (χ2n) is 4.63. The number of nitrogens with zero attached hydrogens (tertiary/aromatic N) is 1. The number of thiol groups is 1. The Morgan fingerprint density at radius 3 is 2.39 bits per heavy atom. The number of unbranched alkanes of at least 4 members (excludes halogenated alkanes) is 6. The van der Waals surface area contributed by atoms with Gasteiger partial charge in [-0.3, -0.25) is 4.98 Å². The molecule has 0 aliphatic heterocycles. The van der Waals surface area contributed by atoms with E-state index < -0.39 is 0 Å². The van der Waals surface area contributed by atoms with Gasteiger partial charge in [0.15, 0.2) is 0 Å². The van der Waals surface area contributed by atoms with Crippen molar-refractivity contribution in [2.75, 3.05) is 12.4 Å². The van der Waals surface area contributed by atoms with Gasteiger partial charge in [-0.25, -0.2) is 0 Å². The lowest BCUT2D eigenvalue weighted by atomic mass is 10.1. The Morgan fingerprint density at radius 2 is 1.72 bits per heavy atom. The summed E-state index contributed by atoms with van der Waals surface area (Å²) in [6.07, 6.45) is 10.8. The number of hydrogen-bond donors (Lipinski definition) is 1. The maximum Gasteiger partial charge on any atom is 0.140 e. The molecule has 0 aliphatic rings. The molecule has 0 amide bonds. The van der Waals surface area contributed by atoms with Gasteiger partial charge in [0, 0.05) is 6.20 Å². The molecule has 1 heterocycles. The van der Waals surface area contributed by atoms with E-state index in [0.29, 0.717) is 0 Å². The Balaban J connectivity index is 1.94. The Hall–Kier alpha value is -0.700. The Kier molecular flexibility index (Phi) is 8.74. The fourth-order valence-corrected chi connectivity index (χ4v) is 2.13. The quantitative estimate of drug-likeness (QED) is 0.500. The molecule has 0 spiro atoms. The van der Waals surface area contributed by atoms with Crippen LogP contribution in [0.25, 0.3) is 0 Å². The van der Waals surface area contributed by atoms with Gasteiger partial charge in [0.05, 0.1) is 12.3 Å². The van der Waals surface area contributed by atoms with Gasteiger partial charge in [0.1, 0.15) is 5.75 Å². The second kappa shape index (κ2) is 10.2. The fraction of sp³-hybridized carbons (Fsp3) is 0.667. The third kappa shape index (κ3) is 6.90. The zero-order chi connectivity index (χ0) is 13.1. The topological polar surface area (TPSA) is 22.1 Å². The van der Waals surface area contributed by atoms with Crippen LogP contribution in [-0.2, 0) is 0 Å². The van der Waals surface area contributed by atoms with E-state index in [4.69, 9.17) is 4.74 Å². The summed E-state index contributed by atoms with van der Waals surface area (Å²) < 4.78 is 5.71. The number of aryl methyl sites for hydroxylation is 1. The van der Waals surface area contributed by atoms with Crippen LogP contribution in [-0.4, -0.2) is 17.3 Å². The van der Waals surface area contributed by atoms with E-state index in [9.17, 15) is 0 Å². The molecule has 0 N–H and O–H groups in total. The minimum absolute atomic E-state index is 0.809. The Morgan fingerprint density at radius 1 is 1.06 bits per heavy atom. The highest BCUT2D eigenvalue weighted by Gasteiger charge is 1.98. The maximum atomic E-state index is 5.71. The van der Waals surface area contributed by atoms with Crippen LogP contribution in [0.1, 0.15) is 50.6 Å². The van der Waals surface area contributed by atoms with Crippen molar-refractivity contribution < 1.29 is 4.74 Å². The monoisotopic (exact) mass is 267 g/mol. The molecule has 0 fully saturated rings. The summed E-state index contributed by atoms with van der Waals surface area (Å²) in [5.41, 5.74) is 0.976. The van der Waals surface area contributed by atoms with E-state index in [1.54, 1.807) is 6.20 Å². The zero-order valence-electron chi connectivity index (χ0n) is 11.4. The first-order valence-corrected chi connectivity index (χ1v) is 7.63. The second-order valence-corrected chi connectivity index (χ2v) is 5.08. The van der Waals surface area contributed by atoms with Crippen LogP contribution >= 0.6 is 12.6 Å². The smallest absolute Gasteiger partial charge is 0.140 e. The fourth-order valence-electron chi connectivity index (χ4n) is 1.90. The van der Waals surface area contributed by atoms with Gasteiger partial charge in [-0.05, 0) is 37.7 Å². The first-order chi connectivity index (χ1) is 8.84. The van der Waals surface area contributed by atoms with E-state index >= 15 is 0 Å². The highest BCUT2D eigenvalue weighted by molar-refractivity contribution is 7.80. The third-order valence-corrected chi connectivity index (χ3v) is 3.33. The zero-order valence-corrected chi connectivity index (χ0v) is 12.3. The molecule has 0 radical (unpaired) electrons. The highest BCUT2D eigenvalue weighted by atomic mass is 32.1. The van der Waals surface area contributed by atoms with Gasteiger partial charge in [0.2, 0.25) is 0 Å². The summed E-state index contributed by atoms with van der Waals surface area (Å²) in [5.74, 6) is 1.95.